The highest BCUT2D eigenvalue weighted by Crippen LogP contribution is 2.45. The maximum Gasteiger partial charge on any atom is 0.491 e. The highest BCUT2D eigenvalue weighted by Gasteiger charge is 2.42. The van der Waals surface area contributed by atoms with E-state index in [4.69, 9.17) is 9.26 Å². The van der Waals surface area contributed by atoms with Crippen LogP contribution in [0.5, 0.6) is 5.75 Å². The van der Waals surface area contributed by atoms with Gasteiger partial charge in [-0.15, -0.1) is 0 Å². The first-order valence-corrected chi connectivity index (χ1v) is 12.2. The first-order valence-electron chi connectivity index (χ1n) is 12.2. The molecule has 2 aromatic heterocycles. The van der Waals surface area contributed by atoms with Gasteiger partial charge in [-0.1, -0.05) is 12.5 Å². The second-order valence-corrected chi connectivity index (χ2v) is 9.91. The maximum absolute atomic E-state index is 12.8. The predicted octanol–water partition coefficient (Wildman–Crippen LogP) is 4.73. The molecule has 1 saturated heterocycles. The molecule has 1 aromatic carbocycles. The molecule has 3 fully saturated rings. The number of hydrogen-bond donors (Lipinski definition) is 0. The predicted molar refractivity (Wildman–Crippen MR) is 118 cm³/mol. The van der Waals surface area contributed by atoms with Gasteiger partial charge in [-0.2, -0.15) is 27.9 Å². The van der Waals surface area contributed by atoms with Crippen LogP contribution >= 0.6 is 0 Å². The molecule has 0 unspecified atom stereocenters. The third kappa shape index (κ3) is 4.41. The van der Waals surface area contributed by atoms with E-state index in [1.54, 1.807) is 6.07 Å². The first-order chi connectivity index (χ1) is 16.9. The van der Waals surface area contributed by atoms with Crippen molar-refractivity contribution in [3.63, 3.8) is 0 Å². The standard InChI is InChI=1S/C24H26F3N5O3/c25-24(26,27)22(33)34-18-6-2-5-17-19(18)20(15-7-8-15)29-32(17)23-28-21(35-30-23)16-9-11-31(12-10-16)13-14-3-1-4-14/h2,5-6,14-16H,1,3-4,7-13H2. The molecule has 186 valence electrons. The number of carbonyl (C=O) groups excluding carboxylic acids is 1. The van der Waals surface area contributed by atoms with Crippen LogP contribution < -0.4 is 4.74 Å². The third-order valence-electron chi connectivity index (χ3n) is 7.39. The van der Waals surface area contributed by atoms with E-state index in [-0.39, 0.29) is 23.5 Å². The second kappa shape index (κ2) is 8.61. The highest BCUT2D eigenvalue weighted by atomic mass is 19.4. The molecule has 1 aliphatic heterocycles. The number of halogens is 3. The van der Waals surface area contributed by atoms with Gasteiger partial charge in [0.2, 0.25) is 5.89 Å². The summed E-state index contributed by atoms with van der Waals surface area (Å²) < 4.78 is 50.3. The number of carbonyl (C=O) groups is 1. The van der Waals surface area contributed by atoms with Crippen molar-refractivity contribution >= 4 is 16.9 Å². The van der Waals surface area contributed by atoms with Crippen molar-refractivity contribution in [3.8, 4) is 11.7 Å². The number of aromatic nitrogens is 4. The molecule has 3 aromatic rings. The van der Waals surface area contributed by atoms with Gasteiger partial charge < -0.3 is 14.2 Å². The molecule has 3 heterocycles. The van der Waals surface area contributed by atoms with Crippen molar-refractivity contribution in [2.75, 3.05) is 19.6 Å². The van der Waals surface area contributed by atoms with Crippen molar-refractivity contribution in [1.82, 2.24) is 24.8 Å². The Morgan fingerprint density at radius 1 is 1.09 bits per heavy atom. The smallest absolute Gasteiger partial charge is 0.419 e. The van der Waals surface area contributed by atoms with Gasteiger partial charge in [0.05, 0.1) is 16.6 Å². The molecule has 8 nitrogen and oxygen atoms in total. The molecular weight excluding hydrogens is 463 g/mol. The minimum absolute atomic E-state index is 0.0934. The van der Waals surface area contributed by atoms with Crippen LogP contribution in [0.3, 0.4) is 0 Å². The molecule has 6 rings (SSSR count). The van der Waals surface area contributed by atoms with Gasteiger partial charge in [0, 0.05) is 18.4 Å². The van der Waals surface area contributed by atoms with Crippen molar-refractivity contribution < 1.29 is 27.2 Å². The second-order valence-electron chi connectivity index (χ2n) is 9.91. The average Bonchev–Trinajstić information content (AvgIpc) is 3.40. The van der Waals surface area contributed by atoms with Crippen LogP contribution in [0.15, 0.2) is 22.7 Å². The lowest BCUT2D eigenvalue weighted by molar-refractivity contribution is -0.189. The first kappa shape index (κ1) is 22.5. The third-order valence-corrected chi connectivity index (χ3v) is 7.39. The molecule has 2 aliphatic carbocycles. The Balaban J connectivity index is 1.25. The van der Waals surface area contributed by atoms with Crippen LogP contribution in [0, 0.1) is 5.92 Å². The molecule has 0 bridgehead atoms. The lowest BCUT2D eigenvalue weighted by atomic mass is 9.84. The normalized spacial score (nSPS) is 20.3. The number of fused-ring (bicyclic) bond motifs is 1. The summed E-state index contributed by atoms with van der Waals surface area (Å²) in [4.78, 5) is 18.6. The Hall–Kier alpha value is -2.95. The largest absolute Gasteiger partial charge is 0.491 e. The van der Waals surface area contributed by atoms with E-state index in [9.17, 15) is 18.0 Å². The summed E-state index contributed by atoms with van der Waals surface area (Å²) in [7, 11) is 0. The highest BCUT2D eigenvalue weighted by molar-refractivity contribution is 5.92. The average molecular weight is 489 g/mol. The van der Waals surface area contributed by atoms with Crippen molar-refractivity contribution in [3.05, 3.63) is 29.8 Å². The van der Waals surface area contributed by atoms with Crippen LogP contribution in [-0.4, -0.2) is 56.6 Å². The van der Waals surface area contributed by atoms with E-state index < -0.39 is 12.1 Å². The summed E-state index contributed by atoms with van der Waals surface area (Å²) in [6.07, 6.45) is 2.56. The summed E-state index contributed by atoms with van der Waals surface area (Å²) >= 11 is 0. The zero-order chi connectivity index (χ0) is 24.2. The molecule has 2 saturated carbocycles. The number of esters is 1. The fourth-order valence-corrected chi connectivity index (χ4v) is 5.08. The molecule has 0 amide bonds. The Labute approximate surface area is 199 Å². The van der Waals surface area contributed by atoms with E-state index in [2.05, 4.69) is 20.1 Å². The Bertz CT molecular complexity index is 1240. The van der Waals surface area contributed by atoms with Gasteiger partial charge in [-0.05, 0) is 74.8 Å². The number of alkyl halides is 3. The zero-order valence-corrected chi connectivity index (χ0v) is 19.1. The van der Waals surface area contributed by atoms with E-state index in [1.165, 1.54) is 42.6 Å². The summed E-state index contributed by atoms with van der Waals surface area (Å²) in [5.41, 5.74) is 1.06. The molecular formula is C24H26F3N5O3. The van der Waals surface area contributed by atoms with Crippen LogP contribution in [0.2, 0.25) is 0 Å². The van der Waals surface area contributed by atoms with Crippen LogP contribution in [-0.2, 0) is 4.79 Å². The van der Waals surface area contributed by atoms with E-state index in [1.807, 2.05) is 0 Å². The van der Waals surface area contributed by atoms with E-state index in [0.29, 0.717) is 22.5 Å². The maximum atomic E-state index is 12.8. The summed E-state index contributed by atoms with van der Waals surface area (Å²) in [6, 6.07) is 4.58. The Kier molecular flexibility index (Phi) is 5.54. The van der Waals surface area contributed by atoms with Gasteiger partial charge in [0.1, 0.15) is 5.75 Å². The van der Waals surface area contributed by atoms with Gasteiger partial charge in [-0.25, -0.2) is 4.79 Å². The minimum Gasteiger partial charge on any atom is -0.419 e. The summed E-state index contributed by atoms with van der Waals surface area (Å²) in [6.45, 7) is 3.18. The summed E-state index contributed by atoms with van der Waals surface area (Å²) in [5.74, 6) is -0.536. The van der Waals surface area contributed by atoms with Crippen molar-refractivity contribution in [2.45, 2.75) is 63.0 Å². The molecule has 0 radical (unpaired) electrons. The quantitative estimate of drug-likeness (QED) is 0.365. The van der Waals surface area contributed by atoms with Gasteiger partial charge in [0.25, 0.3) is 5.95 Å². The van der Waals surface area contributed by atoms with E-state index in [0.717, 1.165) is 44.7 Å². The number of rotatable bonds is 6. The SMILES string of the molecule is O=C(Oc1cccc2c1c(C1CC1)nn2-c1noc(C2CCN(CC3CCC3)CC2)n1)C(F)(F)F. The number of likely N-dealkylation sites (tertiary alicyclic amines) is 1. The number of ether oxygens (including phenoxy) is 1. The number of piperidine rings is 1. The van der Waals surface area contributed by atoms with Crippen molar-refractivity contribution in [2.24, 2.45) is 5.92 Å². The molecule has 0 atom stereocenters. The molecule has 11 heteroatoms. The Morgan fingerprint density at radius 3 is 2.51 bits per heavy atom. The topological polar surface area (TPSA) is 86.3 Å². The molecule has 0 spiro atoms. The Morgan fingerprint density at radius 2 is 1.86 bits per heavy atom. The number of benzene rings is 1. The summed E-state index contributed by atoms with van der Waals surface area (Å²) in [5, 5.41) is 9.14. The van der Waals surface area contributed by atoms with Crippen molar-refractivity contribution in [1.29, 1.82) is 0 Å². The molecule has 35 heavy (non-hydrogen) atoms. The number of nitrogens with zero attached hydrogens (tertiary/aromatic N) is 5. The fraction of sp³-hybridized carbons (Fsp3) is 0.583. The lowest BCUT2D eigenvalue weighted by Crippen LogP contribution is -2.38. The fourth-order valence-electron chi connectivity index (χ4n) is 5.08. The van der Waals surface area contributed by atoms with Crippen LogP contribution in [0.4, 0.5) is 13.2 Å². The number of hydrogen-bond acceptors (Lipinski definition) is 7. The minimum atomic E-state index is -5.09. The monoisotopic (exact) mass is 489 g/mol. The zero-order valence-electron chi connectivity index (χ0n) is 19.1. The molecule has 3 aliphatic rings. The van der Waals surface area contributed by atoms with Crippen LogP contribution in [0.25, 0.3) is 16.9 Å². The van der Waals surface area contributed by atoms with E-state index >= 15 is 0 Å². The van der Waals surface area contributed by atoms with Gasteiger partial charge in [-0.3, -0.25) is 0 Å². The van der Waals surface area contributed by atoms with Crippen LogP contribution in [0.1, 0.15) is 68.4 Å². The van der Waals surface area contributed by atoms with Gasteiger partial charge >= 0.3 is 12.1 Å². The lowest BCUT2D eigenvalue weighted by Gasteiger charge is -2.36. The van der Waals surface area contributed by atoms with Gasteiger partial charge in [0.15, 0.2) is 0 Å². The molecule has 0 N–H and O–H groups in total.